The summed E-state index contributed by atoms with van der Waals surface area (Å²) in [5.74, 6) is 2.63. The van der Waals surface area contributed by atoms with Crippen LogP contribution in [0, 0.1) is 18.2 Å². The van der Waals surface area contributed by atoms with Crippen molar-refractivity contribution in [1.82, 2.24) is 19.1 Å². The number of para-hydroxylation sites is 2. The molecule has 0 saturated heterocycles. The maximum Gasteiger partial charge on any atom is 0.474 e. The number of benzene rings is 4. The quantitative estimate of drug-likeness (QED) is 0.171. The van der Waals surface area contributed by atoms with E-state index in [1.807, 2.05) is 64.7 Å². The van der Waals surface area contributed by atoms with Crippen LogP contribution in [0.4, 0.5) is 17.3 Å². The predicted octanol–water partition coefficient (Wildman–Crippen LogP) is 6.06. The Morgan fingerprint density at radius 1 is 0.838 bits per heavy atom. The molecule has 180 valence electrons. The second-order valence-electron chi connectivity index (χ2n) is 8.40. The molecule has 0 fully saturated rings. The van der Waals surface area contributed by atoms with Crippen LogP contribution in [0.1, 0.15) is 0 Å². The van der Waals surface area contributed by atoms with Crippen LogP contribution < -0.4 is 9.31 Å². The maximum atomic E-state index is 6.23. The van der Waals surface area contributed by atoms with Gasteiger partial charge in [-0.05, 0) is 11.5 Å². The number of ether oxygens (including phenoxy) is 1. The van der Waals surface area contributed by atoms with Crippen molar-refractivity contribution < 1.29 is 30.4 Å². The van der Waals surface area contributed by atoms with Gasteiger partial charge in [0.25, 0.3) is 0 Å². The number of rotatable bonds is 4. The zero-order valence-corrected chi connectivity index (χ0v) is 21.9. The minimum Gasteiger partial charge on any atom is -0.509 e. The molecule has 0 spiro atoms. The summed E-state index contributed by atoms with van der Waals surface area (Å²) in [6.07, 6.45) is 3.34. The third-order valence-electron chi connectivity index (χ3n) is 6.17. The molecule has 0 N–H and O–H groups in total. The molecule has 1 aliphatic heterocycles. The summed E-state index contributed by atoms with van der Waals surface area (Å²) in [6.45, 7) is 0. The Balaban J connectivity index is 0.00000252. The van der Waals surface area contributed by atoms with Gasteiger partial charge in [-0.1, -0.05) is 40.9 Å². The molecule has 4 aromatic carbocycles. The summed E-state index contributed by atoms with van der Waals surface area (Å²) in [5, 5.41) is 2.22. The first-order valence-electron chi connectivity index (χ1n) is 11.5. The average molecular weight is 660 g/mol. The first-order valence-corrected chi connectivity index (χ1v) is 11.5. The smallest absolute Gasteiger partial charge is 0.474 e. The van der Waals surface area contributed by atoms with Crippen molar-refractivity contribution in [1.29, 1.82) is 0 Å². The molecule has 6 nitrogen and oxygen atoms in total. The molecule has 7 heteroatoms. The Bertz CT molecular complexity index is 1870. The van der Waals surface area contributed by atoms with E-state index in [9.17, 15) is 0 Å². The van der Waals surface area contributed by atoms with Gasteiger partial charge in [-0.25, -0.2) is 0 Å². The standard InChI is InChI=1S/C30H18N5O.Pt/c1-33-20-34(30-29(33)31-16-17-32-30)22-10-7-11-23(18-22)36-24-14-15-28-26(19-24)25-12-5-6-13-27(25)35(28)21-8-3-2-4-9-21;/h2-8,10-13,15-17,19H,1H3;/q-1;. The fourth-order valence-electron chi connectivity index (χ4n) is 4.61. The van der Waals surface area contributed by atoms with Gasteiger partial charge in [-0.15, -0.1) is 45.5 Å². The van der Waals surface area contributed by atoms with Crippen molar-refractivity contribution in [3.05, 3.63) is 109 Å². The summed E-state index contributed by atoms with van der Waals surface area (Å²) in [4.78, 5) is 8.85. The molecule has 0 unspecified atom stereocenters. The van der Waals surface area contributed by atoms with E-state index in [2.05, 4.69) is 69.1 Å². The minimum atomic E-state index is 0. The van der Waals surface area contributed by atoms with E-state index in [0.717, 1.165) is 39.0 Å². The van der Waals surface area contributed by atoms with E-state index >= 15 is 0 Å². The van der Waals surface area contributed by atoms with Crippen molar-refractivity contribution in [2.75, 3.05) is 7.05 Å². The van der Waals surface area contributed by atoms with Crippen LogP contribution in [0.25, 0.3) is 27.5 Å². The Morgan fingerprint density at radius 3 is 2.54 bits per heavy atom. The Hall–Kier alpha value is -4.37. The third-order valence-corrected chi connectivity index (χ3v) is 6.17. The van der Waals surface area contributed by atoms with Gasteiger partial charge >= 0.3 is 17.6 Å². The molecule has 2 aromatic heterocycles. The Labute approximate surface area is 227 Å². The molecule has 0 bridgehead atoms. The Kier molecular flexibility index (Phi) is 5.76. The van der Waals surface area contributed by atoms with E-state index < -0.39 is 0 Å². The first-order chi connectivity index (χ1) is 17.8. The van der Waals surface area contributed by atoms with Gasteiger partial charge in [0.2, 0.25) is 0 Å². The zero-order chi connectivity index (χ0) is 24.1. The van der Waals surface area contributed by atoms with Crippen LogP contribution in [-0.4, -0.2) is 32.2 Å². The van der Waals surface area contributed by atoms with E-state index in [0.29, 0.717) is 17.3 Å². The van der Waals surface area contributed by atoms with Gasteiger partial charge in [0.05, 0.1) is 11.9 Å². The summed E-state index contributed by atoms with van der Waals surface area (Å²) < 4.78 is 12.1. The van der Waals surface area contributed by atoms with Gasteiger partial charge in [0.1, 0.15) is 7.05 Å². The second-order valence-corrected chi connectivity index (χ2v) is 8.40. The van der Waals surface area contributed by atoms with Crippen LogP contribution in [0.3, 0.4) is 0 Å². The summed E-state index contributed by atoms with van der Waals surface area (Å²) in [6, 6.07) is 39.3. The zero-order valence-electron chi connectivity index (χ0n) is 19.6. The monoisotopic (exact) mass is 659 g/mol. The molecular formula is C30H18N5OPt-. The SMILES string of the molecule is C[N+]1=C=[N+](c2[c-]c(Oc3[c-]cc4c(c3)c3ccccc3n4-c3[c-]cccc3)ccc2)c2nccnc21.[Pt]. The predicted molar refractivity (Wildman–Crippen MR) is 138 cm³/mol. The molecule has 0 atom stereocenters. The van der Waals surface area contributed by atoms with Crippen molar-refractivity contribution in [2.24, 2.45) is 0 Å². The molecule has 0 amide bonds. The fourth-order valence-corrected chi connectivity index (χ4v) is 4.61. The average Bonchev–Trinajstić information content (AvgIpc) is 3.44. The topological polar surface area (TPSA) is 46.0 Å². The number of nitrogens with zero attached hydrogens (tertiary/aromatic N) is 5. The molecule has 0 aliphatic carbocycles. The van der Waals surface area contributed by atoms with Gasteiger partial charge < -0.3 is 9.30 Å². The van der Waals surface area contributed by atoms with Crippen molar-refractivity contribution in [3.63, 3.8) is 0 Å². The molecule has 0 saturated carbocycles. The summed E-state index contributed by atoms with van der Waals surface area (Å²) in [7, 11) is 1.89. The number of aromatic nitrogens is 3. The van der Waals surface area contributed by atoms with Crippen LogP contribution in [-0.2, 0) is 21.1 Å². The van der Waals surface area contributed by atoms with Gasteiger partial charge in [-0.2, -0.15) is 35.3 Å². The van der Waals surface area contributed by atoms with Crippen LogP contribution in [0.5, 0.6) is 11.5 Å². The molecule has 3 heterocycles. The van der Waals surface area contributed by atoms with Gasteiger partial charge in [0.15, 0.2) is 6.20 Å². The van der Waals surface area contributed by atoms with E-state index in [1.165, 1.54) is 0 Å². The number of hydrogen-bond acceptors (Lipinski definition) is 3. The normalized spacial score (nSPS) is 12.1. The molecule has 7 rings (SSSR count). The van der Waals surface area contributed by atoms with Crippen LogP contribution in [0.15, 0.2) is 91.3 Å². The number of hydrogen-bond donors (Lipinski definition) is 0. The molecule has 1 aliphatic rings. The van der Waals surface area contributed by atoms with Crippen molar-refractivity contribution >= 4 is 45.1 Å². The molecule has 6 aromatic rings. The van der Waals surface area contributed by atoms with Crippen molar-refractivity contribution in [3.8, 4) is 17.2 Å². The summed E-state index contributed by atoms with van der Waals surface area (Å²) in [5.41, 5.74) is 3.90. The molecular weight excluding hydrogens is 641 g/mol. The van der Waals surface area contributed by atoms with E-state index in [-0.39, 0.29) is 21.1 Å². The van der Waals surface area contributed by atoms with Crippen LogP contribution in [0.2, 0.25) is 0 Å². The number of fused-ring (bicyclic) bond motifs is 4. The van der Waals surface area contributed by atoms with Crippen LogP contribution >= 0.6 is 0 Å². The second kappa shape index (κ2) is 9.25. The van der Waals surface area contributed by atoms with Gasteiger partial charge in [-0.3, -0.25) is 0 Å². The maximum absolute atomic E-state index is 6.23. The molecule has 0 radical (unpaired) electrons. The first kappa shape index (κ1) is 23.1. The third kappa shape index (κ3) is 3.88. The molecule has 37 heavy (non-hydrogen) atoms. The fraction of sp³-hybridized carbons (Fsp3) is 0.0333. The van der Waals surface area contributed by atoms with E-state index in [1.54, 1.807) is 12.4 Å². The summed E-state index contributed by atoms with van der Waals surface area (Å²) >= 11 is 0. The van der Waals surface area contributed by atoms with Crippen molar-refractivity contribution in [2.45, 2.75) is 0 Å². The minimum absolute atomic E-state index is 0. The largest absolute Gasteiger partial charge is 0.509 e. The van der Waals surface area contributed by atoms with E-state index in [4.69, 9.17) is 4.74 Å². The Morgan fingerprint density at radius 2 is 1.68 bits per heavy atom. The van der Waals surface area contributed by atoms with Gasteiger partial charge in [0, 0.05) is 43.1 Å².